The molecule has 170 valence electrons. The average molecular weight is 532 g/mol. The summed E-state index contributed by atoms with van der Waals surface area (Å²) in [7, 11) is 0. The first-order chi connectivity index (χ1) is 13.7. The first-order valence-corrected chi connectivity index (χ1v) is 10.5. The average Bonchev–Trinajstić information content (AvgIpc) is 3.12. The molecule has 0 aromatic heterocycles. The second-order valence-electron chi connectivity index (χ2n) is 8.63. The van der Waals surface area contributed by atoms with Gasteiger partial charge in [-0.15, -0.1) is 24.0 Å². The standard InChI is InChI=1S/C22H36N4O3.HI/c1-16(2)29-19-10-8-17(9-11-19)25-21(23-13-12-18-7-6-14-28-18)24-15-20(27)26-22(3,4)5;/h8-11,16,18H,6-7,12-15H2,1-5H3,(H,26,27)(H2,23,24,25);1H. The van der Waals surface area contributed by atoms with Gasteiger partial charge in [0.15, 0.2) is 5.96 Å². The molecule has 0 aliphatic carbocycles. The summed E-state index contributed by atoms with van der Waals surface area (Å²) in [5, 5.41) is 9.50. The molecule has 8 heteroatoms. The van der Waals surface area contributed by atoms with E-state index >= 15 is 0 Å². The van der Waals surface area contributed by atoms with Crippen molar-refractivity contribution in [2.45, 2.75) is 71.6 Å². The summed E-state index contributed by atoms with van der Waals surface area (Å²) in [6.07, 6.45) is 3.58. The number of guanidine groups is 1. The van der Waals surface area contributed by atoms with Crippen LogP contribution in [0.15, 0.2) is 29.3 Å². The van der Waals surface area contributed by atoms with Gasteiger partial charge in [-0.1, -0.05) is 0 Å². The lowest BCUT2D eigenvalue weighted by Crippen LogP contribution is -2.42. The van der Waals surface area contributed by atoms with Crippen LogP contribution in [0.2, 0.25) is 0 Å². The number of amides is 1. The molecule has 0 radical (unpaired) electrons. The van der Waals surface area contributed by atoms with Gasteiger partial charge in [0.1, 0.15) is 12.3 Å². The predicted octanol–water partition coefficient (Wildman–Crippen LogP) is 3.93. The first kappa shape index (κ1) is 26.5. The van der Waals surface area contributed by atoms with Crippen molar-refractivity contribution in [1.29, 1.82) is 0 Å². The molecule has 7 nitrogen and oxygen atoms in total. The number of carbonyl (C=O) groups excluding carboxylic acids is 1. The van der Waals surface area contributed by atoms with Crippen molar-refractivity contribution in [1.82, 2.24) is 10.6 Å². The largest absolute Gasteiger partial charge is 0.491 e. The van der Waals surface area contributed by atoms with Crippen LogP contribution in [-0.2, 0) is 9.53 Å². The monoisotopic (exact) mass is 532 g/mol. The van der Waals surface area contributed by atoms with E-state index in [2.05, 4.69) is 20.9 Å². The minimum absolute atomic E-state index is 0. The van der Waals surface area contributed by atoms with Crippen molar-refractivity contribution >= 4 is 41.5 Å². The number of nitrogens with one attached hydrogen (secondary N) is 3. The molecule has 30 heavy (non-hydrogen) atoms. The maximum absolute atomic E-state index is 12.1. The van der Waals surface area contributed by atoms with E-state index < -0.39 is 0 Å². The quantitative estimate of drug-likeness (QED) is 0.269. The van der Waals surface area contributed by atoms with Crippen LogP contribution in [0.5, 0.6) is 5.75 Å². The van der Waals surface area contributed by atoms with E-state index in [0.717, 1.165) is 43.9 Å². The Morgan fingerprint density at radius 3 is 2.53 bits per heavy atom. The lowest BCUT2D eigenvalue weighted by atomic mass is 10.1. The highest BCUT2D eigenvalue weighted by Crippen LogP contribution is 2.17. The Balaban J connectivity index is 0.00000450. The van der Waals surface area contributed by atoms with Crippen LogP contribution in [-0.4, -0.2) is 49.3 Å². The Bertz CT molecular complexity index is 666. The predicted molar refractivity (Wildman–Crippen MR) is 133 cm³/mol. The molecule has 2 rings (SSSR count). The number of ether oxygens (including phenoxy) is 2. The summed E-state index contributed by atoms with van der Waals surface area (Å²) < 4.78 is 11.4. The molecule has 1 aliphatic heterocycles. The Labute approximate surface area is 197 Å². The minimum Gasteiger partial charge on any atom is -0.491 e. The summed E-state index contributed by atoms with van der Waals surface area (Å²) >= 11 is 0. The lowest BCUT2D eigenvalue weighted by Gasteiger charge is -2.20. The Hall–Kier alpha value is -1.55. The lowest BCUT2D eigenvalue weighted by molar-refractivity contribution is -0.121. The fourth-order valence-corrected chi connectivity index (χ4v) is 3.00. The van der Waals surface area contributed by atoms with Crippen molar-refractivity contribution in [2.75, 3.05) is 25.0 Å². The summed E-state index contributed by atoms with van der Waals surface area (Å²) in [6, 6.07) is 7.70. The summed E-state index contributed by atoms with van der Waals surface area (Å²) in [6.45, 7) is 11.5. The molecule has 0 bridgehead atoms. The summed E-state index contributed by atoms with van der Waals surface area (Å²) in [5.74, 6) is 1.28. The molecule has 1 aliphatic rings. The van der Waals surface area contributed by atoms with Gasteiger partial charge in [0, 0.05) is 24.4 Å². The molecular weight excluding hydrogens is 495 g/mol. The first-order valence-electron chi connectivity index (χ1n) is 10.5. The highest BCUT2D eigenvalue weighted by Gasteiger charge is 2.16. The van der Waals surface area contributed by atoms with E-state index in [1.807, 2.05) is 58.9 Å². The number of carbonyl (C=O) groups is 1. The molecule has 1 amide bonds. The number of nitrogens with zero attached hydrogens (tertiary/aromatic N) is 1. The van der Waals surface area contributed by atoms with Gasteiger partial charge in [-0.3, -0.25) is 4.79 Å². The number of halogens is 1. The molecule has 3 N–H and O–H groups in total. The van der Waals surface area contributed by atoms with Crippen molar-refractivity contribution in [3.05, 3.63) is 24.3 Å². The van der Waals surface area contributed by atoms with Crippen molar-refractivity contribution in [3.63, 3.8) is 0 Å². The third-order valence-corrected chi connectivity index (χ3v) is 4.17. The van der Waals surface area contributed by atoms with Crippen molar-refractivity contribution in [3.8, 4) is 5.75 Å². The van der Waals surface area contributed by atoms with Gasteiger partial charge in [0.2, 0.25) is 5.91 Å². The van der Waals surface area contributed by atoms with Gasteiger partial charge in [0.05, 0.1) is 12.2 Å². The van der Waals surface area contributed by atoms with Crippen LogP contribution in [0.1, 0.15) is 53.9 Å². The highest BCUT2D eigenvalue weighted by molar-refractivity contribution is 14.0. The van der Waals surface area contributed by atoms with E-state index in [1.54, 1.807) is 0 Å². The van der Waals surface area contributed by atoms with Gasteiger partial charge in [-0.2, -0.15) is 0 Å². The summed E-state index contributed by atoms with van der Waals surface area (Å²) in [5.41, 5.74) is 0.598. The van der Waals surface area contributed by atoms with Gasteiger partial charge in [-0.05, 0) is 78.1 Å². The molecule has 0 spiro atoms. The normalized spacial score (nSPS) is 16.7. The molecular formula is C22H37IN4O3. The van der Waals surface area contributed by atoms with E-state index in [-0.39, 0.29) is 48.1 Å². The Morgan fingerprint density at radius 2 is 1.97 bits per heavy atom. The van der Waals surface area contributed by atoms with Crippen LogP contribution >= 0.6 is 24.0 Å². The third-order valence-electron chi connectivity index (χ3n) is 4.17. The van der Waals surface area contributed by atoms with E-state index in [9.17, 15) is 4.79 Å². The van der Waals surface area contributed by atoms with E-state index in [0.29, 0.717) is 12.1 Å². The zero-order chi connectivity index (χ0) is 21.3. The topological polar surface area (TPSA) is 84.0 Å². The fraction of sp³-hybridized carbons (Fsp3) is 0.636. The number of hydrogen-bond donors (Lipinski definition) is 3. The number of anilines is 1. The molecule has 1 aromatic rings. The van der Waals surface area contributed by atoms with Crippen LogP contribution in [0, 0.1) is 0 Å². The number of hydrogen-bond acceptors (Lipinski definition) is 4. The Morgan fingerprint density at radius 1 is 1.27 bits per heavy atom. The Kier molecular flexibility index (Phi) is 11.5. The zero-order valence-electron chi connectivity index (χ0n) is 18.8. The van der Waals surface area contributed by atoms with Crippen LogP contribution in [0.25, 0.3) is 0 Å². The summed E-state index contributed by atoms with van der Waals surface area (Å²) in [4.78, 5) is 16.6. The van der Waals surface area contributed by atoms with Crippen LogP contribution < -0.4 is 20.7 Å². The van der Waals surface area contributed by atoms with Gasteiger partial charge in [0.25, 0.3) is 0 Å². The van der Waals surface area contributed by atoms with Crippen LogP contribution in [0.4, 0.5) is 5.69 Å². The highest BCUT2D eigenvalue weighted by atomic mass is 127. The molecule has 1 aromatic carbocycles. The molecule has 1 saturated heterocycles. The van der Waals surface area contributed by atoms with Crippen LogP contribution in [0.3, 0.4) is 0 Å². The molecule has 1 unspecified atom stereocenters. The van der Waals surface area contributed by atoms with Crippen molar-refractivity contribution < 1.29 is 14.3 Å². The van der Waals surface area contributed by atoms with E-state index in [4.69, 9.17) is 9.47 Å². The van der Waals surface area contributed by atoms with Crippen molar-refractivity contribution in [2.24, 2.45) is 4.99 Å². The molecule has 1 heterocycles. The molecule has 1 fully saturated rings. The second kappa shape index (κ2) is 13.0. The smallest absolute Gasteiger partial charge is 0.242 e. The van der Waals surface area contributed by atoms with Gasteiger partial charge >= 0.3 is 0 Å². The second-order valence-corrected chi connectivity index (χ2v) is 8.63. The minimum atomic E-state index is -0.278. The molecule has 1 atom stereocenters. The van der Waals surface area contributed by atoms with Gasteiger partial charge in [-0.25, -0.2) is 4.99 Å². The zero-order valence-corrected chi connectivity index (χ0v) is 21.1. The number of aliphatic imine (C=N–C) groups is 1. The maximum Gasteiger partial charge on any atom is 0.242 e. The SMILES string of the molecule is CC(C)Oc1ccc(NC(=NCC(=O)NC(C)(C)C)NCCC2CCCO2)cc1.I. The van der Waals surface area contributed by atoms with Gasteiger partial charge < -0.3 is 25.4 Å². The van der Waals surface area contributed by atoms with E-state index in [1.165, 1.54) is 0 Å². The molecule has 0 saturated carbocycles. The fourth-order valence-electron chi connectivity index (χ4n) is 3.00. The maximum atomic E-state index is 12.1. The number of benzene rings is 1. The third kappa shape index (κ3) is 11.0. The number of rotatable bonds is 8.